The van der Waals surface area contributed by atoms with Crippen molar-refractivity contribution in [2.75, 3.05) is 0 Å². The number of benzene rings is 1. The van der Waals surface area contributed by atoms with E-state index in [1.807, 2.05) is 6.92 Å². The third-order valence-corrected chi connectivity index (χ3v) is 3.76. The fourth-order valence-electron chi connectivity index (χ4n) is 1.96. The van der Waals surface area contributed by atoms with Crippen molar-refractivity contribution in [1.82, 2.24) is 15.5 Å². The van der Waals surface area contributed by atoms with Crippen LogP contribution in [0.2, 0.25) is 0 Å². The molecule has 2 aromatic rings. The Morgan fingerprint density at radius 2 is 1.94 bits per heavy atom. The minimum atomic E-state index is 0.326. The molecule has 18 heavy (non-hydrogen) atoms. The Morgan fingerprint density at radius 1 is 1.28 bits per heavy atom. The molecule has 0 aliphatic rings. The van der Waals surface area contributed by atoms with Crippen molar-refractivity contribution in [3.63, 3.8) is 0 Å². The van der Waals surface area contributed by atoms with Crippen molar-refractivity contribution in [1.29, 1.82) is 0 Å². The highest BCUT2D eigenvalue weighted by molar-refractivity contribution is 9.10. The van der Waals surface area contributed by atoms with Crippen LogP contribution in [0.25, 0.3) is 0 Å². The minimum absolute atomic E-state index is 0.326. The average molecular weight is 308 g/mol. The first kappa shape index (κ1) is 13.3. The molecule has 96 valence electrons. The quantitative estimate of drug-likeness (QED) is 0.905. The molecule has 1 aromatic carbocycles. The van der Waals surface area contributed by atoms with Crippen LogP contribution in [0.3, 0.4) is 0 Å². The summed E-state index contributed by atoms with van der Waals surface area (Å²) in [6.45, 7) is 7.10. The number of aromatic nitrogens is 2. The molecule has 0 aliphatic heterocycles. The summed E-state index contributed by atoms with van der Waals surface area (Å²) in [6, 6.07) is 8.74. The van der Waals surface area contributed by atoms with Gasteiger partial charge in [0.05, 0.1) is 5.69 Å². The summed E-state index contributed by atoms with van der Waals surface area (Å²) in [5.41, 5.74) is 4.77. The minimum Gasteiger partial charge on any atom is -0.306 e. The first-order valence-corrected chi connectivity index (χ1v) is 6.86. The number of nitrogens with one attached hydrogen (secondary N) is 2. The van der Waals surface area contributed by atoms with Crippen LogP contribution in [0.1, 0.15) is 35.5 Å². The first-order chi connectivity index (χ1) is 8.58. The summed E-state index contributed by atoms with van der Waals surface area (Å²) in [5.74, 6) is 0. The van der Waals surface area contributed by atoms with Gasteiger partial charge in [0.1, 0.15) is 0 Å². The number of H-pyrrole nitrogens is 1. The van der Waals surface area contributed by atoms with Gasteiger partial charge in [0, 0.05) is 28.3 Å². The summed E-state index contributed by atoms with van der Waals surface area (Å²) in [7, 11) is 0. The zero-order chi connectivity index (χ0) is 13.1. The van der Waals surface area contributed by atoms with Crippen molar-refractivity contribution in [3.8, 4) is 0 Å². The third kappa shape index (κ3) is 3.00. The molecule has 3 nitrogen and oxygen atoms in total. The normalized spacial score (nSPS) is 12.7. The van der Waals surface area contributed by atoms with Crippen LogP contribution in [-0.4, -0.2) is 10.2 Å². The number of halogens is 1. The number of aromatic amines is 1. The molecule has 0 saturated carbocycles. The molecule has 2 rings (SSSR count). The van der Waals surface area contributed by atoms with Crippen LogP contribution in [-0.2, 0) is 6.54 Å². The van der Waals surface area contributed by atoms with E-state index >= 15 is 0 Å². The van der Waals surface area contributed by atoms with E-state index in [0.717, 1.165) is 22.4 Å². The first-order valence-electron chi connectivity index (χ1n) is 6.07. The van der Waals surface area contributed by atoms with E-state index in [0.29, 0.717) is 6.04 Å². The lowest BCUT2D eigenvalue weighted by atomic mass is 10.1. The van der Waals surface area contributed by atoms with Crippen LogP contribution in [0.15, 0.2) is 28.7 Å². The predicted octanol–water partition coefficient (Wildman–Crippen LogP) is 3.64. The highest BCUT2D eigenvalue weighted by atomic mass is 79.9. The second-order valence-corrected chi connectivity index (χ2v) is 5.48. The Labute approximate surface area is 116 Å². The van der Waals surface area contributed by atoms with E-state index < -0.39 is 0 Å². The standard InChI is InChI=1S/C14H18BrN3/c1-9(12-4-6-13(15)7-5-12)16-8-14-10(2)17-18-11(14)3/h4-7,9,16H,8H2,1-3H3,(H,17,18). The zero-order valence-electron chi connectivity index (χ0n) is 10.9. The van der Waals surface area contributed by atoms with Crippen molar-refractivity contribution >= 4 is 15.9 Å². The molecule has 0 fully saturated rings. The maximum atomic E-state index is 4.21. The molecule has 0 amide bonds. The maximum absolute atomic E-state index is 4.21. The highest BCUT2D eigenvalue weighted by Crippen LogP contribution is 2.17. The molecule has 1 unspecified atom stereocenters. The van der Waals surface area contributed by atoms with E-state index in [4.69, 9.17) is 0 Å². The Morgan fingerprint density at radius 3 is 2.50 bits per heavy atom. The van der Waals surface area contributed by atoms with Crippen LogP contribution in [0, 0.1) is 13.8 Å². The van der Waals surface area contributed by atoms with E-state index in [9.17, 15) is 0 Å². The number of nitrogens with zero attached hydrogens (tertiary/aromatic N) is 1. The Bertz CT molecular complexity index is 497. The lowest BCUT2D eigenvalue weighted by molar-refractivity contribution is 0.572. The smallest absolute Gasteiger partial charge is 0.0638 e. The van der Waals surface area contributed by atoms with Gasteiger partial charge in [-0.3, -0.25) is 5.10 Å². The zero-order valence-corrected chi connectivity index (χ0v) is 12.5. The molecule has 0 spiro atoms. The maximum Gasteiger partial charge on any atom is 0.0638 e. The van der Waals surface area contributed by atoms with Gasteiger partial charge in [-0.15, -0.1) is 0 Å². The summed E-state index contributed by atoms with van der Waals surface area (Å²) >= 11 is 3.45. The average Bonchev–Trinajstić information content (AvgIpc) is 2.67. The van der Waals surface area contributed by atoms with E-state index in [1.54, 1.807) is 0 Å². The third-order valence-electron chi connectivity index (χ3n) is 3.24. The lowest BCUT2D eigenvalue weighted by Crippen LogP contribution is -2.18. The lowest BCUT2D eigenvalue weighted by Gasteiger charge is -2.14. The molecular weight excluding hydrogens is 290 g/mol. The molecule has 1 aromatic heterocycles. The number of rotatable bonds is 4. The number of aryl methyl sites for hydroxylation is 2. The van der Waals surface area contributed by atoms with Gasteiger partial charge in [0.15, 0.2) is 0 Å². The second-order valence-electron chi connectivity index (χ2n) is 4.57. The van der Waals surface area contributed by atoms with Gasteiger partial charge in [-0.25, -0.2) is 0 Å². The van der Waals surface area contributed by atoms with Crippen molar-refractivity contribution in [2.24, 2.45) is 0 Å². The summed E-state index contributed by atoms with van der Waals surface area (Å²) in [6.07, 6.45) is 0. The molecule has 1 heterocycles. The second kappa shape index (κ2) is 5.67. The number of hydrogen-bond donors (Lipinski definition) is 2. The topological polar surface area (TPSA) is 40.7 Å². The van der Waals surface area contributed by atoms with Gasteiger partial charge >= 0.3 is 0 Å². The number of hydrogen-bond acceptors (Lipinski definition) is 2. The van der Waals surface area contributed by atoms with Crippen molar-refractivity contribution in [2.45, 2.75) is 33.4 Å². The van der Waals surface area contributed by atoms with Gasteiger partial charge in [-0.1, -0.05) is 28.1 Å². The molecular formula is C14H18BrN3. The van der Waals surface area contributed by atoms with Gasteiger partial charge in [0.25, 0.3) is 0 Å². The predicted molar refractivity (Wildman–Crippen MR) is 77.5 cm³/mol. The van der Waals surface area contributed by atoms with Gasteiger partial charge < -0.3 is 5.32 Å². The Balaban J connectivity index is 2.00. The molecule has 0 bridgehead atoms. The van der Waals surface area contributed by atoms with E-state index in [2.05, 4.69) is 69.6 Å². The highest BCUT2D eigenvalue weighted by Gasteiger charge is 2.09. The summed E-state index contributed by atoms with van der Waals surface area (Å²) in [5, 5.41) is 10.7. The summed E-state index contributed by atoms with van der Waals surface area (Å²) in [4.78, 5) is 0. The fraction of sp³-hybridized carbons (Fsp3) is 0.357. The molecule has 0 saturated heterocycles. The van der Waals surface area contributed by atoms with Crippen molar-refractivity contribution < 1.29 is 0 Å². The van der Waals surface area contributed by atoms with E-state index in [-0.39, 0.29) is 0 Å². The Kier molecular flexibility index (Phi) is 4.19. The van der Waals surface area contributed by atoms with Gasteiger partial charge in [0.2, 0.25) is 0 Å². The molecule has 4 heteroatoms. The van der Waals surface area contributed by atoms with Crippen LogP contribution in [0.4, 0.5) is 0 Å². The molecule has 2 N–H and O–H groups in total. The molecule has 0 radical (unpaired) electrons. The molecule has 0 aliphatic carbocycles. The SMILES string of the molecule is Cc1n[nH]c(C)c1CNC(C)c1ccc(Br)cc1. The van der Waals surface area contributed by atoms with Crippen molar-refractivity contribution in [3.05, 3.63) is 51.3 Å². The van der Waals surface area contributed by atoms with Gasteiger partial charge in [-0.05, 0) is 38.5 Å². The van der Waals surface area contributed by atoms with Crippen LogP contribution < -0.4 is 5.32 Å². The molecule has 1 atom stereocenters. The van der Waals surface area contributed by atoms with Crippen LogP contribution in [0.5, 0.6) is 0 Å². The largest absolute Gasteiger partial charge is 0.306 e. The monoisotopic (exact) mass is 307 g/mol. The Hall–Kier alpha value is -1.13. The van der Waals surface area contributed by atoms with E-state index in [1.165, 1.54) is 11.1 Å². The van der Waals surface area contributed by atoms with Gasteiger partial charge in [-0.2, -0.15) is 5.10 Å². The van der Waals surface area contributed by atoms with Crippen LogP contribution >= 0.6 is 15.9 Å². The summed E-state index contributed by atoms with van der Waals surface area (Å²) < 4.78 is 1.11. The fourth-order valence-corrected chi connectivity index (χ4v) is 2.22.